The lowest BCUT2D eigenvalue weighted by atomic mass is 9.95. The minimum Gasteiger partial charge on any atom is -0.375 e. The number of hydrogen-bond donors (Lipinski definition) is 2. The Morgan fingerprint density at radius 1 is 1.29 bits per heavy atom. The molecule has 4 nitrogen and oxygen atoms in total. The van der Waals surface area contributed by atoms with E-state index in [1.807, 2.05) is 37.4 Å². The molecule has 1 aromatic carbocycles. The summed E-state index contributed by atoms with van der Waals surface area (Å²) in [7, 11) is 0. The molecule has 2 aromatic rings. The summed E-state index contributed by atoms with van der Waals surface area (Å²) in [6.45, 7) is 7.29. The number of benzene rings is 1. The predicted molar refractivity (Wildman–Crippen MR) is 99.7 cm³/mol. The van der Waals surface area contributed by atoms with Crippen molar-refractivity contribution in [1.82, 2.24) is 4.90 Å². The van der Waals surface area contributed by atoms with Crippen molar-refractivity contribution in [1.29, 1.82) is 0 Å². The molecule has 0 amide bonds. The van der Waals surface area contributed by atoms with Gasteiger partial charge in [0.1, 0.15) is 5.69 Å². The number of anilines is 1. The summed E-state index contributed by atoms with van der Waals surface area (Å²) in [6.07, 6.45) is 6.50. The van der Waals surface area contributed by atoms with E-state index in [9.17, 15) is 10.4 Å². The highest BCUT2D eigenvalue weighted by Gasteiger charge is 2.20. The molecule has 0 bridgehead atoms. The molecular weight excluding hydrogens is 320 g/mol. The van der Waals surface area contributed by atoms with Gasteiger partial charge in [-0.2, -0.15) is 0 Å². The largest absolute Gasteiger partial charge is 0.375 e. The van der Waals surface area contributed by atoms with Crippen LogP contribution in [0.15, 0.2) is 29.8 Å². The molecule has 2 N–H and O–H groups in total. The third-order valence-corrected chi connectivity index (χ3v) is 5.64. The van der Waals surface area contributed by atoms with Gasteiger partial charge in [0.15, 0.2) is 0 Å². The predicted octanol–water partition coefficient (Wildman–Crippen LogP) is 5.07. The molecule has 24 heavy (non-hydrogen) atoms. The lowest BCUT2D eigenvalue weighted by Crippen LogP contribution is -2.20. The monoisotopic (exact) mass is 344 g/mol. The summed E-state index contributed by atoms with van der Waals surface area (Å²) >= 11 is 1.60. The van der Waals surface area contributed by atoms with Crippen molar-refractivity contribution in [2.45, 2.75) is 39.7 Å². The molecule has 1 aliphatic heterocycles. The fraction of sp³-hybridized carbons (Fsp3) is 0.368. The first-order chi connectivity index (χ1) is 11.5. The Kier molecular flexibility index (Phi) is 4.94. The molecule has 0 spiro atoms. The first kappa shape index (κ1) is 17.0. The number of aryl methyl sites for hydroxylation is 2. The van der Waals surface area contributed by atoms with Crippen LogP contribution in [-0.2, 0) is 0 Å². The standard InChI is InChI=1S/C19H24N2O2S/c1-13-12-14(2)18(17-7-5-11-24-17)19(21(22)23)16(13)8-10-20-9-4-6-15(20)3/h5,7-8,10-12,15,22-23H,4,6,9H2,1-3H3/b10-8+/t15-/m1/s1. The van der Waals surface area contributed by atoms with Crippen molar-refractivity contribution in [3.05, 3.63) is 46.5 Å². The average molecular weight is 344 g/mol. The summed E-state index contributed by atoms with van der Waals surface area (Å²) in [4.78, 5) is 3.34. The van der Waals surface area contributed by atoms with E-state index in [4.69, 9.17) is 0 Å². The first-order valence-electron chi connectivity index (χ1n) is 8.29. The van der Waals surface area contributed by atoms with Gasteiger partial charge in [0, 0.05) is 28.6 Å². The van der Waals surface area contributed by atoms with Crippen LogP contribution in [0.25, 0.3) is 16.5 Å². The number of thiophene rings is 1. The van der Waals surface area contributed by atoms with E-state index in [2.05, 4.69) is 24.1 Å². The molecule has 1 aromatic heterocycles. The van der Waals surface area contributed by atoms with E-state index < -0.39 is 0 Å². The van der Waals surface area contributed by atoms with Crippen LogP contribution >= 0.6 is 11.3 Å². The van der Waals surface area contributed by atoms with Gasteiger partial charge >= 0.3 is 0 Å². The highest BCUT2D eigenvalue weighted by Crippen LogP contribution is 2.40. The van der Waals surface area contributed by atoms with Crippen LogP contribution in [0.1, 0.15) is 36.5 Å². The maximum absolute atomic E-state index is 9.92. The van der Waals surface area contributed by atoms with E-state index in [-0.39, 0.29) is 5.23 Å². The van der Waals surface area contributed by atoms with E-state index in [1.54, 1.807) is 11.3 Å². The molecule has 5 heteroatoms. The minimum absolute atomic E-state index is 0.266. The van der Waals surface area contributed by atoms with Crippen molar-refractivity contribution >= 4 is 23.1 Å². The summed E-state index contributed by atoms with van der Waals surface area (Å²) in [6, 6.07) is 6.62. The number of hydrogen-bond acceptors (Lipinski definition) is 5. The third-order valence-electron chi connectivity index (χ3n) is 4.75. The van der Waals surface area contributed by atoms with Gasteiger partial charge in [0.05, 0.1) is 0 Å². The van der Waals surface area contributed by atoms with Gasteiger partial charge in [-0.1, -0.05) is 12.1 Å². The molecule has 1 atom stereocenters. The molecule has 1 aliphatic rings. The van der Waals surface area contributed by atoms with Gasteiger partial charge in [0.2, 0.25) is 0 Å². The molecule has 0 aliphatic carbocycles. The second kappa shape index (κ2) is 6.97. The quantitative estimate of drug-likeness (QED) is 0.760. The van der Waals surface area contributed by atoms with E-state index in [1.165, 1.54) is 12.8 Å². The van der Waals surface area contributed by atoms with Gasteiger partial charge in [-0.3, -0.25) is 10.4 Å². The topological polar surface area (TPSA) is 46.9 Å². The SMILES string of the molecule is Cc1cc(C)c(-c2cccs2)c(N(O)O)c1/C=C/N1CCC[C@H]1C. The van der Waals surface area contributed by atoms with Crippen molar-refractivity contribution < 1.29 is 10.4 Å². The van der Waals surface area contributed by atoms with Crippen molar-refractivity contribution in [2.75, 3.05) is 11.8 Å². The molecule has 1 fully saturated rings. The lowest BCUT2D eigenvalue weighted by Gasteiger charge is -2.22. The number of nitrogens with zero attached hydrogens (tertiary/aromatic N) is 2. The Hall–Kier alpha value is -1.82. The Labute approximate surface area is 147 Å². The maximum atomic E-state index is 9.92. The zero-order valence-electron chi connectivity index (χ0n) is 14.4. The van der Waals surface area contributed by atoms with Crippen molar-refractivity contribution in [3.63, 3.8) is 0 Å². The molecule has 128 valence electrons. The summed E-state index contributed by atoms with van der Waals surface area (Å²) in [5.41, 5.74) is 4.21. The van der Waals surface area contributed by atoms with Crippen LogP contribution in [0.2, 0.25) is 0 Å². The molecule has 3 rings (SSSR count). The summed E-state index contributed by atoms with van der Waals surface area (Å²) < 4.78 is 0. The van der Waals surface area contributed by atoms with E-state index >= 15 is 0 Å². The minimum atomic E-state index is 0.266. The van der Waals surface area contributed by atoms with E-state index in [0.29, 0.717) is 11.7 Å². The van der Waals surface area contributed by atoms with Crippen LogP contribution in [0.4, 0.5) is 5.69 Å². The number of rotatable bonds is 4. The molecule has 0 radical (unpaired) electrons. The van der Waals surface area contributed by atoms with Crippen LogP contribution in [0, 0.1) is 13.8 Å². The van der Waals surface area contributed by atoms with Gasteiger partial charge in [-0.15, -0.1) is 16.6 Å². The second-order valence-electron chi connectivity index (χ2n) is 6.46. The van der Waals surface area contributed by atoms with Crippen LogP contribution in [-0.4, -0.2) is 27.9 Å². The van der Waals surface area contributed by atoms with Gasteiger partial charge in [-0.25, -0.2) is 0 Å². The smallest absolute Gasteiger partial charge is 0.111 e. The molecule has 1 saturated heterocycles. The second-order valence-corrected chi connectivity index (χ2v) is 7.41. The molecule has 2 heterocycles. The fourth-order valence-corrected chi connectivity index (χ4v) is 4.32. The third kappa shape index (κ3) is 3.20. The van der Waals surface area contributed by atoms with Crippen LogP contribution in [0.5, 0.6) is 0 Å². The van der Waals surface area contributed by atoms with Gasteiger partial charge < -0.3 is 4.90 Å². The zero-order chi connectivity index (χ0) is 17.3. The van der Waals surface area contributed by atoms with Crippen LogP contribution in [0.3, 0.4) is 0 Å². The van der Waals surface area contributed by atoms with Crippen molar-refractivity contribution in [2.24, 2.45) is 0 Å². The number of likely N-dealkylation sites (tertiary alicyclic amines) is 1. The Morgan fingerprint density at radius 2 is 2.08 bits per heavy atom. The highest BCUT2D eigenvalue weighted by molar-refractivity contribution is 7.13. The molecule has 0 unspecified atom stereocenters. The normalized spacial score (nSPS) is 17.9. The lowest BCUT2D eigenvalue weighted by molar-refractivity contribution is 0.0293. The first-order valence-corrected chi connectivity index (χ1v) is 9.17. The Balaban J connectivity index is 2.11. The van der Waals surface area contributed by atoms with E-state index in [0.717, 1.165) is 33.7 Å². The zero-order valence-corrected chi connectivity index (χ0v) is 15.2. The maximum Gasteiger partial charge on any atom is 0.111 e. The van der Waals surface area contributed by atoms with Gasteiger partial charge in [0.25, 0.3) is 0 Å². The summed E-state index contributed by atoms with van der Waals surface area (Å²) in [5.74, 6) is 0. The van der Waals surface area contributed by atoms with Crippen molar-refractivity contribution in [3.8, 4) is 10.4 Å². The fourth-order valence-electron chi connectivity index (χ4n) is 3.48. The Bertz CT molecular complexity index is 738. The average Bonchev–Trinajstić information content (AvgIpc) is 3.17. The molecular formula is C19H24N2O2S. The van der Waals surface area contributed by atoms with Crippen LogP contribution < -0.4 is 5.23 Å². The summed E-state index contributed by atoms with van der Waals surface area (Å²) in [5, 5.41) is 22.1. The van der Waals surface area contributed by atoms with Gasteiger partial charge in [-0.05, 0) is 68.5 Å². The highest BCUT2D eigenvalue weighted by atomic mass is 32.1. The Morgan fingerprint density at radius 3 is 2.67 bits per heavy atom. The molecule has 0 saturated carbocycles.